The Kier molecular flexibility index (Phi) is 5.31. The van der Waals surface area contributed by atoms with Crippen LogP contribution >= 0.6 is 0 Å². The summed E-state index contributed by atoms with van der Waals surface area (Å²) in [6.45, 7) is -0.299. The van der Waals surface area contributed by atoms with Crippen LogP contribution in [0.1, 0.15) is 22.1 Å². The maximum Gasteiger partial charge on any atom is 0.340 e. The highest BCUT2D eigenvalue weighted by Crippen LogP contribution is 2.34. The number of nitrogens with zero attached hydrogens (tertiary/aromatic N) is 2. The van der Waals surface area contributed by atoms with Crippen molar-refractivity contribution in [3.63, 3.8) is 0 Å². The third kappa shape index (κ3) is 3.59. The van der Waals surface area contributed by atoms with Gasteiger partial charge in [0.15, 0.2) is 0 Å². The molecule has 0 aliphatic carbocycles. The van der Waals surface area contributed by atoms with Gasteiger partial charge in [0.05, 0.1) is 49.5 Å². The lowest BCUT2D eigenvalue weighted by Crippen LogP contribution is -2.42. The lowest BCUT2D eigenvalue weighted by atomic mass is 10.1. The highest BCUT2D eigenvalue weighted by Gasteiger charge is 2.30. The number of hydrogen-bond donors (Lipinski definition) is 4. The van der Waals surface area contributed by atoms with Crippen LogP contribution in [0.15, 0.2) is 36.7 Å². The number of nitrogens with one attached hydrogen (secondary N) is 2. The number of methoxy groups -OCH3 is 1. The molecule has 9 heteroatoms. The van der Waals surface area contributed by atoms with Gasteiger partial charge in [-0.2, -0.15) is 0 Å². The number of aliphatic hydroxyl groups is 2. The maximum absolute atomic E-state index is 13.7. The number of halogens is 1. The van der Waals surface area contributed by atoms with E-state index in [0.717, 1.165) is 0 Å². The molecule has 0 bridgehead atoms. The summed E-state index contributed by atoms with van der Waals surface area (Å²) in [4.78, 5) is 15.9. The number of β-amino-alcohol motifs (C(OH)–C–C–N with tert-alkyl or cyclic N) is 1. The summed E-state index contributed by atoms with van der Waals surface area (Å²) in [6, 6.07) is 5.77. The molecule has 2 heterocycles. The lowest BCUT2D eigenvalue weighted by Gasteiger charge is -2.23. The summed E-state index contributed by atoms with van der Waals surface area (Å²) in [5, 5.41) is 23.5. The number of hydrazine groups is 1. The van der Waals surface area contributed by atoms with Gasteiger partial charge in [-0.15, -0.1) is 0 Å². The molecule has 2 aromatic rings. The van der Waals surface area contributed by atoms with Gasteiger partial charge in [-0.05, 0) is 24.3 Å². The Hall–Kier alpha value is -2.75. The molecule has 1 aromatic carbocycles. The van der Waals surface area contributed by atoms with E-state index in [-0.39, 0.29) is 12.1 Å². The number of ether oxygens (including phenoxy) is 1. The van der Waals surface area contributed by atoms with Gasteiger partial charge < -0.3 is 25.3 Å². The minimum Gasteiger partial charge on any atom is -0.465 e. The average Bonchev–Trinajstić information content (AvgIpc) is 2.97. The van der Waals surface area contributed by atoms with E-state index in [1.807, 2.05) is 0 Å². The highest BCUT2D eigenvalue weighted by atomic mass is 19.1. The first-order chi connectivity index (χ1) is 12.5. The van der Waals surface area contributed by atoms with Crippen LogP contribution < -0.4 is 15.8 Å². The second kappa shape index (κ2) is 7.65. The smallest absolute Gasteiger partial charge is 0.340 e. The summed E-state index contributed by atoms with van der Waals surface area (Å²) in [7, 11) is 1.28. The van der Waals surface area contributed by atoms with Crippen molar-refractivity contribution < 1.29 is 24.1 Å². The first kappa shape index (κ1) is 18.1. The Morgan fingerprint density at radius 3 is 3.04 bits per heavy atom. The molecule has 0 fully saturated rings. The number of carbonyl (C=O) groups excluding carboxylic acids is 1. The van der Waals surface area contributed by atoms with Crippen molar-refractivity contribution in [2.45, 2.75) is 12.3 Å². The van der Waals surface area contributed by atoms with Crippen LogP contribution in [0.4, 0.5) is 15.8 Å². The number of hydrogen-bond acceptors (Lipinski definition) is 8. The number of pyridine rings is 1. The minimum absolute atomic E-state index is 0.101. The van der Waals surface area contributed by atoms with Gasteiger partial charge >= 0.3 is 5.97 Å². The maximum atomic E-state index is 13.7. The number of aliphatic hydroxyl groups excluding tert-OH is 2. The summed E-state index contributed by atoms with van der Waals surface area (Å²) >= 11 is 0. The molecule has 3 rings (SSSR count). The van der Waals surface area contributed by atoms with E-state index in [9.17, 15) is 14.3 Å². The zero-order valence-electron chi connectivity index (χ0n) is 14.0. The molecule has 138 valence electrons. The Morgan fingerprint density at radius 2 is 2.31 bits per heavy atom. The largest absolute Gasteiger partial charge is 0.465 e. The third-order valence-electron chi connectivity index (χ3n) is 4.01. The quantitative estimate of drug-likeness (QED) is 0.559. The zero-order chi connectivity index (χ0) is 18.7. The topological polar surface area (TPSA) is 107 Å². The van der Waals surface area contributed by atoms with Crippen molar-refractivity contribution in [1.82, 2.24) is 10.4 Å². The van der Waals surface area contributed by atoms with E-state index in [1.165, 1.54) is 37.7 Å². The van der Waals surface area contributed by atoms with E-state index >= 15 is 0 Å². The van der Waals surface area contributed by atoms with Crippen LogP contribution in [0.3, 0.4) is 0 Å². The number of fused-ring (bicyclic) bond motifs is 1. The minimum atomic E-state index is -0.969. The van der Waals surface area contributed by atoms with Crippen molar-refractivity contribution in [1.29, 1.82) is 0 Å². The van der Waals surface area contributed by atoms with Gasteiger partial charge in [0.1, 0.15) is 12.0 Å². The fourth-order valence-electron chi connectivity index (χ4n) is 2.78. The van der Waals surface area contributed by atoms with Crippen LogP contribution in [0.2, 0.25) is 0 Å². The van der Waals surface area contributed by atoms with E-state index in [0.29, 0.717) is 16.9 Å². The molecule has 1 aliphatic heterocycles. The summed E-state index contributed by atoms with van der Waals surface area (Å²) in [5.74, 6) is -0.943. The molecule has 0 radical (unpaired) electrons. The van der Waals surface area contributed by atoms with Crippen LogP contribution in [-0.4, -0.2) is 47.5 Å². The zero-order valence-corrected chi connectivity index (χ0v) is 14.0. The number of anilines is 2. The number of esters is 1. The van der Waals surface area contributed by atoms with Gasteiger partial charge in [0.25, 0.3) is 0 Å². The molecule has 1 aliphatic rings. The van der Waals surface area contributed by atoms with Crippen molar-refractivity contribution >= 4 is 17.3 Å². The molecule has 0 saturated heterocycles. The molecule has 0 spiro atoms. The Bertz CT molecular complexity index is 804. The first-order valence-corrected chi connectivity index (χ1v) is 7.94. The van der Waals surface area contributed by atoms with Gasteiger partial charge in [-0.3, -0.25) is 4.98 Å². The fourth-order valence-corrected chi connectivity index (χ4v) is 2.78. The normalized spacial score (nSPS) is 16.9. The number of rotatable bonds is 6. The van der Waals surface area contributed by atoms with Crippen molar-refractivity contribution in [3.05, 3.63) is 53.6 Å². The van der Waals surface area contributed by atoms with Crippen LogP contribution in [0, 0.1) is 5.82 Å². The molecule has 2 unspecified atom stereocenters. The van der Waals surface area contributed by atoms with E-state index in [2.05, 4.69) is 15.7 Å². The summed E-state index contributed by atoms with van der Waals surface area (Å²) < 4.78 is 18.5. The number of carbonyl (C=O) groups is 1. The molecule has 4 N–H and O–H groups in total. The lowest BCUT2D eigenvalue weighted by molar-refractivity contribution is 0.0601. The van der Waals surface area contributed by atoms with Crippen LogP contribution in [0.5, 0.6) is 0 Å². The SMILES string of the molecule is COC(=O)c1ccncc1NC1NN(CC(O)CO)c2ccc(F)cc21. The predicted molar refractivity (Wildman–Crippen MR) is 91.9 cm³/mol. The van der Waals surface area contributed by atoms with Gasteiger partial charge in [0, 0.05) is 11.8 Å². The molecule has 0 amide bonds. The Labute approximate surface area is 149 Å². The van der Waals surface area contributed by atoms with Crippen LogP contribution in [0.25, 0.3) is 0 Å². The van der Waals surface area contributed by atoms with E-state index < -0.39 is 30.7 Å². The molecule has 0 saturated carbocycles. The summed E-state index contributed by atoms with van der Waals surface area (Å²) in [5.41, 5.74) is 5.03. The summed E-state index contributed by atoms with van der Waals surface area (Å²) in [6.07, 6.45) is 1.40. The van der Waals surface area contributed by atoms with Gasteiger partial charge in [-0.25, -0.2) is 14.6 Å². The standard InChI is InChI=1S/C17H19FN4O4/c1-26-17(25)12-4-5-19-7-14(12)20-16-13-6-10(18)2-3-15(13)22(21-16)8-11(24)9-23/h2-7,11,16,20-21,23-24H,8-9H2,1H3. The van der Waals surface area contributed by atoms with Crippen molar-refractivity contribution in [3.8, 4) is 0 Å². The molecular weight excluding hydrogens is 343 g/mol. The number of aromatic nitrogens is 1. The van der Waals surface area contributed by atoms with Gasteiger partial charge in [-0.1, -0.05) is 0 Å². The predicted octanol–water partition coefficient (Wildman–Crippen LogP) is 0.796. The van der Waals surface area contributed by atoms with Crippen molar-refractivity contribution in [2.24, 2.45) is 0 Å². The van der Waals surface area contributed by atoms with Gasteiger partial charge in [0.2, 0.25) is 0 Å². The first-order valence-electron chi connectivity index (χ1n) is 7.94. The highest BCUT2D eigenvalue weighted by molar-refractivity contribution is 5.95. The molecular formula is C17H19FN4O4. The molecule has 26 heavy (non-hydrogen) atoms. The average molecular weight is 362 g/mol. The molecule has 8 nitrogen and oxygen atoms in total. The fraction of sp³-hybridized carbons (Fsp3) is 0.294. The van der Waals surface area contributed by atoms with Crippen LogP contribution in [-0.2, 0) is 4.74 Å². The Balaban J connectivity index is 1.90. The Morgan fingerprint density at radius 1 is 1.50 bits per heavy atom. The number of benzene rings is 1. The molecule has 1 aromatic heterocycles. The van der Waals surface area contributed by atoms with E-state index in [1.54, 1.807) is 11.1 Å². The molecule has 2 atom stereocenters. The third-order valence-corrected chi connectivity index (χ3v) is 4.01. The monoisotopic (exact) mass is 362 g/mol. The second-order valence-corrected chi connectivity index (χ2v) is 5.77. The second-order valence-electron chi connectivity index (χ2n) is 5.77. The van der Waals surface area contributed by atoms with E-state index in [4.69, 9.17) is 9.84 Å². The van der Waals surface area contributed by atoms with Crippen molar-refractivity contribution in [2.75, 3.05) is 30.6 Å².